The maximum absolute atomic E-state index is 14.6. The van der Waals surface area contributed by atoms with Crippen molar-refractivity contribution >= 4 is 23.8 Å². The summed E-state index contributed by atoms with van der Waals surface area (Å²) in [5, 5.41) is 2.81. The van der Waals surface area contributed by atoms with Gasteiger partial charge in [-0.2, -0.15) is 0 Å². The van der Waals surface area contributed by atoms with Gasteiger partial charge in [-0.25, -0.2) is 4.79 Å². The topological polar surface area (TPSA) is 108 Å². The molecular weight excluding hydrogens is 486 g/mol. The van der Waals surface area contributed by atoms with Gasteiger partial charge in [0.2, 0.25) is 5.91 Å². The zero-order chi connectivity index (χ0) is 27.7. The van der Waals surface area contributed by atoms with Crippen LogP contribution in [0, 0.1) is 11.8 Å². The molecule has 0 radical (unpaired) electrons. The van der Waals surface area contributed by atoms with Gasteiger partial charge in [0.1, 0.15) is 11.5 Å². The van der Waals surface area contributed by atoms with E-state index in [-0.39, 0.29) is 0 Å². The summed E-state index contributed by atoms with van der Waals surface area (Å²) in [4.78, 5) is 52.6. The van der Waals surface area contributed by atoms with Crippen LogP contribution in [0.1, 0.15) is 23.6 Å². The van der Waals surface area contributed by atoms with E-state index < -0.39 is 47.1 Å². The molecule has 38 heavy (non-hydrogen) atoms. The van der Waals surface area contributed by atoms with Crippen molar-refractivity contribution in [1.29, 1.82) is 0 Å². The lowest BCUT2D eigenvalue weighted by atomic mass is 9.68. The fourth-order valence-electron chi connectivity index (χ4n) is 4.71. The second kappa shape index (κ2) is 12.7. The number of carbonyl (C=O) groups is 4. The SMILES string of the molecule is COC(=O)C(C(=O)OC)[C@@H](C)[C@@H](NC(=O)C(c1ccccc1)(c1ccccc1)c1ccccc1)C(=O)OC. The Morgan fingerprint density at radius 2 is 0.947 bits per heavy atom. The summed E-state index contributed by atoms with van der Waals surface area (Å²) in [5.74, 6) is -5.70. The molecule has 0 saturated carbocycles. The van der Waals surface area contributed by atoms with Crippen LogP contribution in [-0.4, -0.2) is 51.2 Å². The van der Waals surface area contributed by atoms with Gasteiger partial charge in [0.05, 0.1) is 21.3 Å². The summed E-state index contributed by atoms with van der Waals surface area (Å²) in [6.07, 6.45) is 0. The van der Waals surface area contributed by atoms with Crippen molar-refractivity contribution in [3.05, 3.63) is 108 Å². The van der Waals surface area contributed by atoms with Crippen LogP contribution < -0.4 is 5.32 Å². The summed E-state index contributed by atoms with van der Waals surface area (Å²) in [6.45, 7) is 1.48. The van der Waals surface area contributed by atoms with Crippen LogP contribution in [0.25, 0.3) is 0 Å². The van der Waals surface area contributed by atoms with Crippen LogP contribution in [0.5, 0.6) is 0 Å². The Kier molecular flexibility index (Phi) is 9.38. The molecular formula is C30H31NO7. The van der Waals surface area contributed by atoms with E-state index in [2.05, 4.69) is 5.32 Å². The molecule has 3 rings (SSSR count). The quantitative estimate of drug-likeness (QED) is 0.190. The molecule has 8 nitrogen and oxygen atoms in total. The minimum absolute atomic E-state index is 0.545. The normalized spacial score (nSPS) is 12.7. The molecule has 8 heteroatoms. The number of benzene rings is 3. The highest BCUT2D eigenvalue weighted by Crippen LogP contribution is 2.40. The van der Waals surface area contributed by atoms with Crippen molar-refractivity contribution in [2.45, 2.75) is 18.4 Å². The van der Waals surface area contributed by atoms with Crippen LogP contribution in [0.3, 0.4) is 0 Å². The minimum atomic E-state index is -1.48. The number of rotatable bonds is 10. The molecule has 0 aliphatic carbocycles. The predicted molar refractivity (Wildman–Crippen MR) is 140 cm³/mol. The zero-order valence-corrected chi connectivity index (χ0v) is 21.8. The lowest BCUT2D eigenvalue weighted by molar-refractivity contribution is -0.163. The monoisotopic (exact) mass is 517 g/mol. The molecule has 3 aromatic rings. The van der Waals surface area contributed by atoms with E-state index in [9.17, 15) is 19.2 Å². The molecule has 1 N–H and O–H groups in total. The van der Waals surface area contributed by atoms with E-state index in [4.69, 9.17) is 14.2 Å². The highest BCUT2D eigenvalue weighted by molar-refractivity contribution is 6.00. The second-order valence-corrected chi connectivity index (χ2v) is 8.71. The fraction of sp³-hybridized carbons (Fsp3) is 0.267. The molecule has 0 heterocycles. The summed E-state index contributed by atoms with van der Waals surface area (Å²) < 4.78 is 14.6. The van der Waals surface area contributed by atoms with Gasteiger partial charge in [0.15, 0.2) is 5.92 Å². The van der Waals surface area contributed by atoms with Gasteiger partial charge in [-0.15, -0.1) is 0 Å². The lowest BCUT2D eigenvalue weighted by Crippen LogP contribution is -2.56. The van der Waals surface area contributed by atoms with Gasteiger partial charge in [-0.3, -0.25) is 14.4 Å². The van der Waals surface area contributed by atoms with Gasteiger partial charge in [0.25, 0.3) is 0 Å². The molecule has 0 spiro atoms. The molecule has 0 unspecified atom stereocenters. The van der Waals surface area contributed by atoms with E-state index in [0.29, 0.717) is 16.7 Å². The molecule has 3 aromatic carbocycles. The second-order valence-electron chi connectivity index (χ2n) is 8.71. The maximum atomic E-state index is 14.6. The number of carbonyl (C=O) groups excluding carboxylic acids is 4. The van der Waals surface area contributed by atoms with Gasteiger partial charge < -0.3 is 19.5 Å². The number of methoxy groups -OCH3 is 3. The van der Waals surface area contributed by atoms with Crippen molar-refractivity contribution in [2.24, 2.45) is 11.8 Å². The Morgan fingerprint density at radius 3 is 1.26 bits per heavy atom. The first kappa shape index (κ1) is 28.1. The number of nitrogens with one attached hydrogen (secondary N) is 1. The maximum Gasteiger partial charge on any atom is 0.328 e. The lowest BCUT2D eigenvalue weighted by Gasteiger charge is -2.37. The van der Waals surface area contributed by atoms with E-state index in [0.717, 1.165) is 14.2 Å². The van der Waals surface area contributed by atoms with Gasteiger partial charge in [-0.05, 0) is 16.7 Å². The number of ether oxygens (including phenoxy) is 3. The van der Waals surface area contributed by atoms with Crippen molar-refractivity contribution in [3.63, 3.8) is 0 Å². The minimum Gasteiger partial charge on any atom is -0.468 e. The molecule has 0 aliphatic heterocycles. The largest absolute Gasteiger partial charge is 0.468 e. The third kappa shape index (κ3) is 5.44. The summed E-state index contributed by atoms with van der Waals surface area (Å²) in [5.41, 5.74) is 0.581. The molecule has 0 fully saturated rings. The molecule has 2 atom stereocenters. The van der Waals surface area contributed by atoms with Gasteiger partial charge in [0, 0.05) is 5.92 Å². The standard InChI is InChI=1S/C30H31NO7/c1-20(24(26(32)36-2)27(33)37-3)25(28(34)38-4)31-29(35)30(21-14-8-5-9-15-21,22-16-10-6-11-17-22)23-18-12-7-13-19-23/h5-20,24-25H,1-4H3,(H,31,35)/t20-,25-/m1/s1. The Morgan fingerprint density at radius 1 is 0.605 bits per heavy atom. The van der Waals surface area contributed by atoms with Crippen molar-refractivity contribution in [2.75, 3.05) is 21.3 Å². The highest BCUT2D eigenvalue weighted by atomic mass is 16.5. The number of hydrogen-bond acceptors (Lipinski definition) is 7. The van der Waals surface area contributed by atoms with E-state index in [1.165, 1.54) is 14.0 Å². The first-order valence-corrected chi connectivity index (χ1v) is 12.0. The van der Waals surface area contributed by atoms with Crippen molar-refractivity contribution in [1.82, 2.24) is 5.32 Å². The molecule has 1 amide bonds. The average molecular weight is 518 g/mol. The number of esters is 3. The first-order valence-electron chi connectivity index (χ1n) is 12.0. The first-order chi connectivity index (χ1) is 18.3. The Hall–Kier alpha value is -4.46. The van der Waals surface area contributed by atoms with E-state index in [1.807, 2.05) is 91.0 Å². The third-order valence-corrected chi connectivity index (χ3v) is 6.66. The summed E-state index contributed by atoms with van der Waals surface area (Å²) in [7, 11) is 3.42. The smallest absolute Gasteiger partial charge is 0.328 e. The van der Waals surface area contributed by atoms with Gasteiger partial charge >= 0.3 is 17.9 Å². The number of amides is 1. The summed E-state index contributed by atoms with van der Waals surface area (Å²) in [6, 6.07) is 26.1. The van der Waals surface area contributed by atoms with Crippen LogP contribution in [0.15, 0.2) is 91.0 Å². The van der Waals surface area contributed by atoms with E-state index in [1.54, 1.807) is 0 Å². The molecule has 0 aliphatic rings. The van der Waals surface area contributed by atoms with E-state index >= 15 is 0 Å². The molecule has 198 valence electrons. The average Bonchev–Trinajstić information content (AvgIpc) is 2.97. The Balaban J connectivity index is 2.22. The van der Waals surface area contributed by atoms with Gasteiger partial charge in [-0.1, -0.05) is 97.9 Å². The molecule has 0 bridgehead atoms. The van der Waals surface area contributed by atoms with Crippen LogP contribution >= 0.6 is 0 Å². The summed E-state index contributed by atoms with van der Waals surface area (Å²) >= 11 is 0. The molecule has 0 saturated heterocycles. The third-order valence-electron chi connectivity index (χ3n) is 6.66. The number of hydrogen-bond donors (Lipinski definition) is 1. The zero-order valence-electron chi connectivity index (χ0n) is 21.8. The predicted octanol–water partition coefficient (Wildman–Crippen LogP) is 3.28. The van der Waals surface area contributed by atoms with Crippen molar-refractivity contribution in [3.8, 4) is 0 Å². The highest BCUT2D eigenvalue weighted by Gasteiger charge is 2.48. The van der Waals surface area contributed by atoms with Crippen LogP contribution in [0.4, 0.5) is 0 Å². The van der Waals surface area contributed by atoms with Crippen molar-refractivity contribution < 1.29 is 33.4 Å². The van der Waals surface area contributed by atoms with Crippen LogP contribution in [-0.2, 0) is 38.8 Å². The van der Waals surface area contributed by atoms with Crippen LogP contribution in [0.2, 0.25) is 0 Å². The molecule has 0 aromatic heterocycles. The Bertz CT molecular complexity index is 1130. The Labute approximate surface area is 221 Å². The fourth-order valence-corrected chi connectivity index (χ4v) is 4.71.